The van der Waals surface area contributed by atoms with E-state index in [4.69, 9.17) is 9.47 Å². The Kier molecular flexibility index (Phi) is 7.33. The molecule has 34 heavy (non-hydrogen) atoms. The maximum atomic E-state index is 12.6. The molecule has 2 aliphatic rings. The molecule has 5 amide bonds. The molecule has 10 nitrogen and oxygen atoms in total. The average molecular weight is 483 g/mol. The summed E-state index contributed by atoms with van der Waals surface area (Å²) in [5.41, 5.74) is 1.64. The Labute approximate surface area is 199 Å². The van der Waals surface area contributed by atoms with Crippen LogP contribution < -0.4 is 25.4 Å². The van der Waals surface area contributed by atoms with E-state index in [9.17, 15) is 19.2 Å². The molecular formula is C23H22N4O6S. The molecule has 0 unspecified atom stereocenters. The molecule has 2 heterocycles. The van der Waals surface area contributed by atoms with Gasteiger partial charge in [-0.25, -0.2) is 4.79 Å². The molecule has 2 aromatic rings. The molecule has 0 bridgehead atoms. The van der Waals surface area contributed by atoms with Gasteiger partial charge < -0.3 is 25.4 Å². The fraction of sp³-hybridized carbons (Fsp3) is 0.217. The summed E-state index contributed by atoms with van der Waals surface area (Å²) in [6.45, 7) is 0.352. The zero-order valence-electron chi connectivity index (χ0n) is 18.0. The van der Waals surface area contributed by atoms with Gasteiger partial charge in [0.25, 0.3) is 11.1 Å². The van der Waals surface area contributed by atoms with E-state index in [1.54, 1.807) is 24.3 Å². The number of amides is 5. The maximum absolute atomic E-state index is 12.6. The zero-order chi connectivity index (χ0) is 23.9. The normalized spacial score (nSPS) is 15.5. The Balaban J connectivity index is 1.19. The minimum absolute atomic E-state index is 0.0229. The Hall–Kier alpha value is -3.99. The molecule has 2 aromatic carbocycles. The molecule has 0 saturated carbocycles. The van der Waals surface area contributed by atoms with Gasteiger partial charge in [-0.2, -0.15) is 0 Å². The number of rotatable bonds is 8. The number of carbonyl (C=O) groups excluding carboxylic acids is 4. The number of nitrogens with zero attached hydrogens (tertiary/aromatic N) is 1. The molecule has 3 N–H and O–H groups in total. The van der Waals surface area contributed by atoms with Crippen LogP contribution in [0.4, 0.5) is 9.59 Å². The third kappa shape index (κ3) is 5.87. The fourth-order valence-electron chi connectivity index (χ4n) is 3.22. The number of imide groups is 1. The summed E-state index contributed by atoms with van der Waals surface area (Å²) in [4.78, 5) is 50.0. The van der Waals surface area contributed by atoms with Gasteiger partial charge in [-0.05, 0) is 41.1 Å². The van der Waals surface area contributed by atoms with Gasteiger partial charge in [0, 0.05) is 19.6 Å². The standard InChI is InChI=1S/C23H22N4O6S/c28-20(13-26-22(30)25-12-15-4-2-1-3-5-15)24-8-9-27-21(29)19(34-23(27)31)11-16-6-7-17-18(10-16)33-14-32-17/h1-7,10-11H,8-9,12-14H2,(H,24,28)(H2,25,26,30)/b19-11-. The predicted molar refractivity (Wildman–Crippen MR) is 125 cm³/mol. The molecule has 4 rings (SSSR count). The molecule has 0 spiro atoms. The first-order valence-corrected chi connectivity index (χ1v) is 11.3. The van der Waals surface area contributed by atoms with E-state index in [0.717, 1.165) is 22.2 Å². The summed E-state index contributed by atoms with van der Waals surface area (Å²) in [6, 6.07) is 14.1. The van der Waals surface area contributed by atoms with Crippen molar-refractivity contribution in [3.63, 3.8) is 0 Å². The van der Waals surface area contributed by atoms with Gasteiger partial charge in [-0.1, -0.05) is 36.4 Å². The van der Waals surface area contributed by atoms with E-state index >= 15 is 0 Å². The van der Waals surface area contributed by atoms with Crippen LogP contribution in [0.1, 0.15) is 11.1 Å². The quantitative estimate of drug-likeness (QED) is 0.492. The number of carbonyl (C=O) groups is 4. The molecule has 1 fully saturated rings. The number of benzene rings is 2. The van der Waals surface area contributed by atoms with Gasteiger partial charge >= 0.3 is 6.03 Å². The average Bonchev–Trinajstić information content (AvgIpc) is 3.41. The van der Waals surface area contributed by atoms with E-state index in [2.05, 4.69) is 16.0 Å². The topological polar surface area (TPSA) is 126 Å². The first-order valence-electron chi connectivity index (χ1n) is 10.5. The Morgan fingerprint density at radius 1 is 1.00 bits per heavy atom. The van der Waals surface area contributed by atoms with Crippen molar-refractivity contribution in [1.29, 1.82) is 0 Å². The molecule has 11 heteroatoms. The van der Waals surface area contributed by atoms with Crippen LogP contribution in [-0.4, -0.2) is 54.4 Å². The third-order valence-corrected chi connectivity index (χ3v) is 5.84. The van der Waals surface area contributed by atoms with Crippen molar-refractivity contribution in [1.82, 2.24) is 20.9 Å². The van der Waals surface area contributed by atoms with Crippen LogP contribution in [-0.2, 0) is 16.1 Å². The first-order chi connectivity index (χ1) is 16.5. The summed E-state index contributed by atoms with van der Waals surface area (Å²) in [5.74, 6) is 0.347. The van der Waals surface area contributed by atoms with Crippen LogP contribution in [0.25, 0.3) is 6.08 Å². The van der Waals surface area contributed by atoms with Gasteiger partial charge in [-0.3, -0.25) is 19.3 Å². The number of thioether (sulfide) groups is 1. The van der Waals surface area contributed by atoms with Gasteiger partial charge in [0.2, 0.25) is 12.7 Å². The molecule has 176 valence electrons. The summed E-state index contributed by atoms with van der Waals surface area (Å²) >= 11 is 0.835. The van der Waals surface area contributed by atoms with E-state index in [0.29, 0.717) is 23.6 Å². The Morgan fingerprint density at radius 2 is 1.79 bits per heavy atom. The molecular weight excluding hydrogens is 460 g/mol. The monoisotopic (exact) mass is 482 g/mol. The van der Waals surface area contributed by atoms with Crippen LogP contribution >= 0.6 is 11.8 Å². The second-order valence-corrected chi connectivity index (χ2v) is 8.31. The summed E-state index contributed by atoms with van der Waals surface area (Å²) < 4.78 is 10.6. The second kappa shape index (κ2) is 10.8. The highest BCUT2D eigenvalue weighted by molar-refractivity contribution is 8.18. The smallest absolute Gasteiger partial charge is 0.315 e. The number of fused-ring (bicyclic) bond motifs is 1. The van der Waals surface area contributed by atoms with Crippen molar-refractivity contribution in [2.24, 2.45) is 0 Å². The molecule has 0 aromatic heterocycles. The lowest BCUT2D eigenvalue weighted by Gasteiger charge is -2.13. The van der Waals surface area contributed by atoms with E-state index in [-0.39, 0.29) is 31.3 Å². The lowest BCUT2D eigenvalue weighted by molar-refractivity contribution is -0.124. The van der Waals surface area contributed by atoms with Crippen molar-refractivity contribution < 1.29 is 28.7 Å². The van der Waals surface area contributed by atoms with Gasteiger partial charge in [0.05, 0.1) is 11.4 Å². The molecule has 0 aliphatic carbocycles. The number of hydrogen-bond acceptors (Lipinski definition) is 7. The summed E-state index contributed by atoms with van der Waals surface area (Å²) in [5, 5.41) is 7.29. The lowest BCUT2D eigenvalue weighted by Crippen LogP contribution is -2.44. The van der Waals surface area contributed by atoms with Crippen LogP contribution in [0.5, 0.6) is 11.5 Å². The summed E-state index contributed by atoms with van der Waals surface area (Å²) in [7, 11) is 0. The van der Waals surface area contributed by atoms with Crippen molar-refractivity contribution in [3.05, 3.63) is 64.6 Å². The molecule has 1 saturated heterocycles. The van der Waals surface area contributed by atoms with E-state index in [1.165, 1.54) is 0 Å². The van der Waals surface area contributed by atoms with Crippen molar-refractivity contribution in [2.45, 2.75) is 6.54 Å². The highest BCUT2D eigenvalue weighted by atomic mass is 32.2. The van der Waals surface area contributed by atoms with Gasteiger partial charge in [-0.15, -0.1) is 0 Å². The highest BCUT2D eigenvalue weighted by Crippen LogP contribution is 2.36. The highest BCUT2D eigenvalue weighted by Gasteiger charge is 2.34. The summed E-state index contributed by atoms with van der Waals surface area (Å²) in [6.07, 6.45) is 1.61. The predicted octanol–water partition coefficient (Wildman–Crippen LogP) is 2.07. The largest absolute Gasteiger partial charge is 0.454 e. The van der Waals surface area contributed by atoms with Crippen LogP contribution in [0.3, 0.4) is 0 Å². The van der Waals surface area contributed by atoms with Crippen molar-refractivity contribution >= 4 is 40.9 Å². The second-order valence-electron chi connectivity index (χ2n) is 7.32. The SMILES string of the molecule is O=C(CNC(=O)NCc1ccccc1)NCCN1C(=O)S/C(=C\c2ccc3c(c2)OCO3)C1=O. The van der Waals surface area contributed by atoms with Crippen LogP contribution in [0, 0.1) is 0 Å². The van der Waals surface area contributed by atoms with Crippen molar-refractivity contribution in [3.8, 4) is 11.5 Å². The number of nitrogens with one attached hydrogen (secondary N) is 3. The van der Waals surface area contributed by atoms with Gasteiger partial charge in [0.15, 0.2) is 11.5 Å². The minimum Gasteiger partial charge on any atom is -0.454 e. The number of urea groups is 1. The molecule has 0 atom stereocenters. The van der Waals surface area contributed by atoms with Gasteiger partial charge in [0.1, 0.15) is 0 Å². The maximum Gasteiger partial charge on any atom is 0.315 e. The lowest BCUT2D eigenvalue weighted by atomic mass is 10.2. The zero-order valence-corrected chi connectivity index (χ0v) is 18.9. The van der Waals surface area contributed by atoms with Crippen LogP contribution in [0.15, 0.2) is 53.4 Å². The Morgan fingerprint density at radius 3 is 2.62 bits per heavy atom. The number of ether oxygens (including phenoxy) is 2. The van der Waals surface area contributed by atoms with E-state index in [1.807, 2.05) is 30.3 Å². The van der Waals surface area contributed by atoms with Crippen LogP contribution in [0.2, 0.25) is 0 Å². The van der Waals surface area contributed by atoms with Crippen molar-refractivity contribution in [2.75, 3.05) is 26.4 Å². The molecule has 2 aliphatic heterocycles. The fourth-order valence-corrected chi connectivity index (χ4v) is 4.08. The first kappa shape index (κ1) is 23.2. The molecule has 0 radical (unpaired) electrons. The number of hydrogen-bond donors (Lipinski definition) is 3. The third-order valence-electron chi connectivity index (χ3n) is 4.93. The Bertz CT molecular complexity index is 1140. The minimum atomic E-state index is -0.474. The van der Waals surface area contributed by atoms with E-state index < -0.39 is 23.1 Å².